The Bertz CT molecular complexity index is 2190. The average molecular weight is 807 g/mol. The van der Waals surface area contributed by atoms with E-state index in [1.165, 1.54) is 33.3 Å². The molecule has 10 heteroatoms. The van der Waals surface area contributed by atoms with Gasteiger partial charge in [0.15, 0.2) is 0 Å². The van der Waals surface area contributed by atoms with Gasteiger partial charge in [-0.1, -0.05) is 140 Å². The Kier molecular flexibility index (Phi) is 12.0. The molecule has 1 aliphatic rings. The fourth-order valence-corrected chi connectivity index (χ4v) is 8.92. The number of carbonyl (C=O) groups excluding carboxylic acids is 2. The smallest absolute Gasteiger partial charge is 0.239 e. The monoisotopic (exact) mass is 806 g/mol. The molecule has 0 radical (unpaired) electrons. The van der Waals surface area contributed by atoms with E-state index in [1.807, 2.05) is 60.7 Å². The number of rotatable bonds is 16. The highest BCUT2D eigenvalue weighted by Gasteiger charge is 2.61. The minimum Gasteiger partial charge on any atom is -0.496 e. The van der Waals surface area contributed by atoms with Crippen molar-refractivity contribution in [2.24, 2.45) is 11.1 Å². The number of hydrogen-bond acceptors (Lipinski definition) is 8. The van der Waals surface area contributed by atoms with Gasteiger partial charge in [-0.2, -0.15) is 0 Å². The van der Waals surface area contributed by atoms with Crippen LogP contribution in [0.4, 0.5) is 0 Å². The molecule has 7 rings (SSSR count). The minimum absolute atomic E-state index is 0.157. The first-order valence-electron chi connectivity index (χ1n) is 19.8. The Morgan fingerprint density at radius 2 is 0.800 bits per heavy atom. The SMILES string of the molecule is COc1ccccc1C(O)(c1ccccc1OC)[C@@H](c1ccccc1)N(C(=O)C1(C(N)=O)CCC1)[C@H](c1ccccc1)C(O)(c1ccccc1OC)c1ccccc1OC. The van der Waals surface area contributed by atoms with Crippen LogP contribution in [0.5, 0.6) is 23.0 Å². The highest BCUT2D eigenvalue weighted by molar-refractivity contribution is 6.05. The van der Waals surface area contributed by atoms with Crippen molar-refractivity contribution < 1.29 is 38.7 Å². The lowest BCUT2D eigenvalue weighted by Crippen LogP contribution is -2.61. The first kappa shape index (κ1) is 41.5. The van der Waals surface area contributed by atoms with Crippen LogP contribution >= 0.6 is 0 Å². The Balaban J connectivity index is 1.73. The molecule has 1 aliphatic carbocycles. The quantitative estimate of drug-likeness (QED) is 0.0841. The molecule has 2 atom stereocenters. The summed E-state index contributed by atoms with van der Waals surface area (Å²) in [5.41, 5.74) is 2.20. The van der Waals surface area contributed by atoms with Crippen molar-refractivity contribution in [2.75, 3.05) is 28.4 Å². The zero-order chi connectivity index (χ0) is 42.5. The number of benzene rings is 6. The van der Waals surface area contributed by atoms with Gasteiger partial charge in [0.2, 0.25) is 11.8 Å². The summed E-state index contributed by atoms with van der Waals surface area (Å²) in [6, 6.07) is 43.4. The van der Waals surface area contributed by atoms with Crippen LogP contribution in [0.2, 0.25) is 0 Å². The normalized spacial score (nSPS) is 14.5. The first-order valence-corrected chi connectivity index (χ1v) is 19.8. The van der Waals surface area contributed by atoms with Gasteiger partial charge in [0.25, 0.3) is 0 Å². The third kappa shape index (κ3) is 6.91. The number of nitrogens with zero attached hydrogens (tertiary/aromatic N) is 1. The van der Waals surface area contributed by atoms with E-state index in [9.17, 15) is 15.0 Å². The molecule has 1 saturated carbocycles. The number of hydrogen-bond donors (Lipinski definition) is 3. The molecule has 0 aliphatic heterocycles. The van der Waals surface area contributed by atoms with Crippen LogP contribution < -0.4 is 24.7 Å². The van der Waals surface area contributed by atoms with E-state index >= 15 is 4.79 Å². The molecule has 10 nitrogen and oxygen atoms in total. The van der Waals surface area contributed by atoms with Gasteiger partial charge in [0, 0.05) is 22.3 Å². The summed E-state index contributed by atoms with van der Waals surface area (Å²) >= 11 is 0. The van der Waals surface area contributed by atoms with Crippen LogP contribution in [0.15, 0.2) is 158 Å². The second-order valence-electron chi connectivity index (χ2n) is 15.0. The molecular weight excluding hydrogens is 757 g/mol. The third-order valence-electron chi connectivity index (χ3n) is 12.0. The number of methoxy groups -OCH3 is 4. The van der Waals surface area contributed by atoms with Gasteiger partial charge in [0.1, 0.15) is 39.6 Å². The molecule has 60 heavy (non-hydrogen) atoms. The van der Waals surface area contributed by atoms with E-state index in [1.54, 1.807) is 97.1 Å². The van der Waals surface area contributed by atoms with Gasteiger partial charge in [-0.05, 0) is 48.2 Å². The van der Waals surface area contributed by atoms with Gasteiger partial charge < -0.3 is 39.8 Å². The summed E-state index contributed by atoms with van der Waals surface area (Å²) < 4.78 is 24.0. The number of primary amides is 1. The number of nitrogens with two attached hydrogens (primary N) is 1. The molecule has 0 spiro atoms. The van der Waals surface area contributed by atoms with Crippen molar-refractivity contribution in [3.05, 3.63) is 191 Å². The summed E-state index contributed by atoms with van der Waals surface area (Å²) in [6.45, 7) is 0. The molecule has 308 valence electrons. The molecular formula is C50H50N2O8. The van der Waals surface area contributed by atoms with Crippen molar-refractivity contribution in [1.82, 2.24) is 4.90 Å². The van der Waals surface area contributed by atoms with Crippen LogP contribution in [0.3, 0.4) is 0 Å². The fraction of sp³-hybridized carbons (Fsp3) is 0.240. The van der Waals surface area contributed by atoms with Crippen molar-refractivity contribution >= 4 is 11.8 Å². The van der Waals surface area contributed by atoms with E-state index in [-0.39, 0.29) is 35.1 Å². The van der Waals surface area contributed by atoms with E-state index in [4.69, 9.17) is 24.7 Å². The predicted octanol–water partition coefficient (Wildman–Crippen LogP) is 7.86. The van der Waals surface area contributed by atoms with Crippen LogP contribution in [-0.4, -0.2) is 55.4 Å². The Morgan fingerprint density at radius 1 is 0.517 bits per heavy atom. The second-order valence-corrected chi connectivity index (χ2v) is 15.0. The zero-order valence-corrected chi connectivity index (χ0v) is 34.2. The molecule has 0 aromatic heterocycles. The van der Waals surface area contributed by atoms with Crippen LogP contribution in [-0.2, 0) is 20.8 Å². The topological polar surface area (TPSA) is 141 Å². The number of para-hydroxylation sites is 4. The molecule has 0 bridgehead atoms. The van der Waals surface area contributed by atoms with Crippen molar-refractivity contribution in [3.8, 4) is 23.0 Å². The van der Waals surface area contributed by atoms with Gasteiger partial charge in [0.05, 0.1) is 40.5 Å². The summed E-state index contributed by atoms with van der Waals surface area (Å²) in [6.07, 6.45) is 0.870. The maximum atomic E-state index is 16.4. The summed E-state index contributed by atoms with van der Waals surface area (Å²) in [5.74, 6) is -0.238. The maximum Gasteiger partial charge on any atom is 0.239 e. The first-order chi connectivity index (χ1) is 29.1. The van der Waals surface area contributed by atoms with Crippen LogP contribution in [0.25, 0.3) is 0 Å². The van der Waals surface area contributed by atoms with Crippen LogP contribution in [0.1, 0.15) is 64.7 Å². The highest BCUT2D eigenvalue weighted by atomic mass is 16.5. The minimum atomic E-state index is -2.24. The molecule has 2 amide bonds. The molecule has 1 fully saturated rings. The fourth-order valence-electron chi connectivity index (χ4n) is 8.92. The highest BCUT2D eigenvalue weighted by Crippen LogP contribution is 2.59. The van der Waals surface area contributed by atoms with Gasteiger partial charge >= 0.3 is 0 Å². The molecule has 6 aromatic rings. The Hall–Kier alpha value is -6.62. The van der Waals surface area contributed by atoms with Crippen LogP contribution in [0, 0.1) is 5.41 Å². The second kappa shape index (κ2) is 17.3. The Morgan fingerprint density at radius 3 is 1.05 bits per heavy atom. The maximum absolute atomic E-state index is 16.4. The van der Waals surface area contributed by atoms with Crippen molar-refractivity contribution in [3.63, 3.8) is 0 Å². The van der Waals surface area contributed by atoms with E-state index < -0.39 is 40.5 Å². The van der Waals surface area contributed by atoms with E-state index in [0.29, 0.717) is 40.5 Å². The largest absolute Gasteiger partial charge is 0.496 e. The lowest BCUT2D eigenvalue weighted by molar-refractivity contribution is -0.174. The van der Waals surface area contributed by atoms with Gasteiger partial charge in [-0.25, -0.2) is 0 Å². The molecule has 4 N–H and O–H groups in total. The zero-order valence-electron chi connectivity index (χ0n) is 34.2. The third-order valence-corrected chi connectivity index (χ3v) is 12.0. The molecule has 6 aromatic carbocycles. The average Bonchev–Trinajstić information content (AvgIpc) is 3.28. The Labute approximate surface area is 350 Å². The molecule has 0 heterocycles. The number of carbonyl (C=O) groups is 2. The number of aliphatic hydroxyl groups is 2. The summed E-state index contributed by atoms with van der Waals surface area (Å²) in [4.78, 5) is 31.8. The molecule has 0 unspecified atom stereocenters. The number of ether oxygens (including phenoxy) is 4. The van der Waals surface area contributed by atoms with Gasteiger partial charge in [-0.3, -0.25) is 9.59 Å². The summed E-state index contributed by atoms with van der Waals surface area (Å²) in [7, 11) is 6.03. The van der Waals surface area contributed by atoms with E-state index in [0.717, 1.165) is 0 Å². The van der Waals surface area contributed by atoms with Gasteiger partial charge in [-0.15, -0.1) is 0 Å². The lowest BCUT2D eigenvalue weighted by atomic mass is 9.64. The lowest BCUT2D eigenvalue weighted by Gasteiger charge is -2.54. The molecule has 0 saturated heterocycles. The predicted molar refractivity (Wildman–Crippen MR) is 229 cm³/mol. The van der Waals surface area contributed by atoms with Crippen molar-refractivity contribution in [2.45, 2.75) is 42.5 Å². The van der Waals surface area contributed by atoms with E-state index in [2.05, 4.69) is 0 Å². The summed E-state index contributed by atoms with van der Waals surface area (Å²) in [5, 5.41) is 28.8. The van der Waals surface area contributed by atoms with Crippen molar-refractivity contribution in [1.29, 1.82) is 0 Å². The standard InChI is InChI=1S/C50H50N2O8/c1-57-40-28-15-11-24-36(40)49(55,37-25-12-16-29-41(37)58-2)44(34-20-7-5-8-21-34)52(47(54)48(46(51)53)32-19-33-48)45(35-22-9-6-10-23-35)50(56,38-26-13-17-30-42(38)59-3)39-27-14-18-31-43(39)60-4/h5-18,20-31,44-45,55-56H,19,32-33H2,1-4H3,(H2,51,53)/t44-,45-/m1/s1. The number of amides is 2.